The van der Waals surface area contributed by atoms with Crippen molar-refractivity contribution in [1.82, 2.24) is 25.5 Å². The number of aryl methyl sites for hydroxylation is 1. The van der Waals surface area contributed by atoms with Crippen LogP contribution in [0, 0.1) is 0 Å². The van der Waals surface area contributed by atoms with Crippen LogP contribution in [0.1, 0.15) is 17.9 Å². The van der Waals surface area contributed by atoms with Gasteiger partial charge in [0.2, 0.25) is 5.91 Å². The maximum atomic E-state index is 11.7. The zero-order chi connectivity index (χ0) is 13.8. The lowest BCUT2D eigenvalue weighted by Crippen LogP contribution is -2.23. The third-order valence-corrected chi connectivity index (χ3v) is 3.06. The number of nitrogens with one attached hydrogen (secondary N) is 3. The van der Waals surface area contributed by atoms with Crippen molar-refractivity contribution >= 4 is 16.9 Å². The van der Waals surface area contributed by atoms with Crippen molar-refractivity contribution < 1.29 is 4.79 Å². The van der Waals surface area contributed by atoms with Gasteiger partial charge in [-0.3, -0.25) is 9.89 Å². The fraction of sp³-hybridized carbons (Fsp3) is 0.214. The molecule has 102 valence electrons. The van der Waals surface area contributed by atoms with Crippen LogP contribution in [0.25, 0.3) is 11.0 Å². The smallest absolute Gasteiger partial charge is 0.220 e. The van der Waals surface area contributed by atoms with Crippen molar-refractivity contribution in [2.24, 2.45) is 0 Å². The van der Waals surface area contributed by atoms with Crippen molar-refractivity contribution in [3.05, 3.63) is 48.0 Å². The minimum absolute atomic E-state index is 0.0000520. The molecule has 6 nitrogen and oxygen atoms in total. The first kappa shape index (κ1) is 12.4. The molecule has 0 radical (unpaired) electrons. The second-order valence-corrected chi connectivity index (χ2v) is 4.56. The summed E-state index contributed by atoms with van der Waals surface area (Å²) >= 11 is 0. The van der Waals surface area contributed by atoms with Gasteiger partial charge in [-0.1, -0.05) is 12.1 Å². The minimum Gasteiger partial charge on any atom is -0.350 e. The van der Waals surface area contributed by atoms with Crippen LogP contribution in [0.3, 0.4) is 0 Å². The fourth-order valence-electron chi connectivity index (χ4n) is 2.02. The summed E-state index contributed by atoms with van der Waals surface area (Å²) in [6.07, 6.45) is 2.67. The largest absolute Gasteiger partial charge is 0.350 e. The molecule has 1 aromatic carbocycles. The summed E-state index contributed by atoms with van der Waals surface area (Å²) < 4.78 is 0. The van der Waals surface area contributed by atoms with Crippen LogP contribution in [0.15, 0.2) is 36.5 Å². The first-order valence-electron chi connectivity index (χ1n) is 6.50. The Hall–Kier alpha value is -2.63. The van der Waals surface area contributed by atoms with E-state index in [1.165, 1.54) is 0 Å². The number of amides is 1. The normalized spacial score (nSPS) is 10.8. The number of aromatic amines is 2. The molecule has 2 aromatic heterocycles. The summed E-state index contributed by atoms with van der Waals surface area (Å²) in [7, 11) is 0. The number of imidazole rings is 1. The molecule has 0 aliphatic heterocycles. The molecule has 0 bridgehead atoms. The molecule has 0 saturated heterocycles. The van der Waals surface area contributed by atoms with Gasteiger partial charge >= 0.3 is 0 Å². The Morgan fingerprint density at radius 2 is 2.15 bits per heavy atom. The molecular weight excluding hydrogens is 254 g/mol. The van der Waals surface area contributed by atoms with Gasteiger partial charge < -0.3 is 10.3 Å². The van der Waals surface area contributed by atoms with Crippen molar-refractivity contribution in [2.45, 2.75) is 19.4 Å². The van der Waals surface area contributed by atoms with Crippen LogP contribution < -0.4 is 5.32 Å². The van der Waals surface area contributed by atoms with Crippen LogP contribution in [-0.2, 0) is 17.8 Å². The molecule has 6 heteroatoms. The molecule has 0 spiro atoms. The SMILES string of the molecule is O=C(CCc1nc2ccccc2[nH]1)NCc1ccn[nH]1. The molecule has 20 heavy (non-hydrogen) atoms. The van der Waals surface area contributed by atoms with E-state index in [9.17, 15) is 4.79 Å². The van der Waals surface area contributed by atoms with Gasteiger partial charge in [-0.15, -0.1) is 0 Å². The van der Waals surface area contributed by atoms with E-state index in [0.29, 0.717) is 19.4 Å². The summed E-state index contributed by atoms with van der Waals surface area (Å²) in [5.74, 6) is 0.836. The molecule has 0 aliphatic rings. The maximum absolute atomic E-state index is 11.7. The van der Waals surface area contributed by atoms with Gasteiger partial charge in [0.05, 0.1) is 23.3 Å². The van der Waals surface area contributed by atoms with Gasteiger partial charge in [0.1, 0.15) is 5.82 Å². The number of carbonyl (C=O) groups is 1. The number of rotatable bonds is 5. The summed E-state index contributed by atoms with van der Waals surface area (Å²) in [6.45, 7) is 0.471. The molecule has 0 saturated carbocycles. The quantitative estimate of drug-likeness (QED) is 0.656. The standard InChI is InChI=1S/C14H15N5O/c20-14(15-9-10-7-8-16-19-10)6-5-13-17-11-3-1-2-4-12(11)18-13/h1-4,7-8H,5-6,9H2,(H,15,20)(H,16,19)(H,17,18). The Labute approximate surface area is 115 Å². The first-order chi connectivity index (χ1) is 9.81. The molecule has 0 unspecified atom stereocenters. The van der Waals surface area contributed by atoms with Crippen LogP contribution in [0.5, 0.6) is 0 Å². The average molecular weight is 269 g/mol. The lowest BCUT2D eigenvalue weighted by Gasteiger charge is -2.02. The van der Waals surface area contributed by atoms with E-state index in [1.54, 1.807) is 6.20 Å². The molecule has 0 atom stereocenters. The van der Waals surface area contributed by atoms with Crippen LogP contribution in [0.2, 0.25) is 0 Å². The predicted molar refractivity (Wildman–Crippen MR) is 74.8 cm³/mol. The highest BCUT2D eigenvalue weighted by Gasteiger charge is 2.06. The van der Waals surface area contributed by atoms with E-state index >= 15 is 0 Å². The highest BCUT2D eigenvalue weighted by atomic mass is 16.1. The van der Waals surface area contributed by atoms with Crippen molar-refractivity contribution in [3.63, 3.8) is 0 Å². The number of H-pyrrole nitrogens is 2. The second-order valence-electron chi connectivity index (χ2n) is 4.56. The van der Waals surface area contributed by atoms with Gasteiger partial charge in [-0.05, 0) is 18.2 Å². The Morgan fingerprint density at radius 1 is 1.25 bits per heavy atom. The van der Waals surface area contributed by atoms with Crippen molar-refractivity contribution in [1.29, 1.82) is 0 Å². The predicted octanol–water partition coefficient (Wildman–Crippen LogP) is 1.53. The summed E-state index contributed by atoms with van der Waals surface area (Å²) in [4.78, 5) is 19.4. The van der Waals surface area contributed by atoms with Gasteiger partial charge in [0.25, 0.3) is 0 Å². The third kappa shape index (κ3) is 2.85. The van der Waals surface area contributed by atoms with E-state index in [4.69, 9.17) is 0 Å². The second kappa shape index (κ2) is 5.56. The zero-order valence-corrected chi connectivity index (χ0v) is 10.9. The van der Waals surface area contributed by atoms with E-state index in [0.717, 1.165) is 22.6 Å². The maximum Gasteiger partial charge on any atom is 0.220 e. The Kier molecular flexibility index (Phi) is 3.45. The van der Waals surface area contributed by atoms with Gasteiger partial charge in [0, 0.05) is 19.0 Å². The van der Waals surface area contributed by atoms with Crippen LogP contribution in [-0.4, -0.2) is 26.1 Å². The molecule has 3 aromatic rings. The number of benzene rings is 1. The lowest BCUT2D eigenvalue weighted by molar-refractivity contribution is -0.121. The van der Waals surface area contributed by atoms with Gasteiger partial charge in [0.15, 0.2) is 0 Å². The number of fused-ring (bicyclic) bond motifs is 1. The Bertz CT molecular complexity index is 668. The summed E-state index contributed by atoms with van der Waals surface area (Å²) in [6, 6.07) is 9.67. The molecule has 2 heterocycles. The van der Waals surface area contributed by atoms with E-state index in [2.05, 4.69) is 25.5 Å². The van der Waals surface area contributed by atoms with E-state index < -0.39 is 0 Å². The van der Waals surface area contributed by atoms with Crippen molar-refractivity contribution in [2.75, 3.05) is 0 Å². The molecular formula is C14H15N5O. The number of hydrogen-bond acceptors (Lipinski definition) is 3. The molecule has 0 fully saturated rings. The number of nitrogens with zero attached hydrogens (tertiary/aromatic N) is 2. The monoisotopic (exact) mass is 269 g/mol. The fourth-order valence-corrected chi connectivity index (χ4v) is 2.02. The van der Waals surface area contributed by atoms with Crippen LogP contribution in [0.4, 0.5) is 0 Å². The number of aromatic nitrogens is 4. The lowest BCUT2D eigenvalue weighted by atomic mass is 10.3. The Balaban J connectivity index is 1.52. The average Bonchev–Trinajstić information content (AvgIpc) is 3.11. The van der Waals surface area contributed by atoms with Gasteiger partial charge in [-0.25, -0.2) is 4.98 Å². The zero-order valence-electron chi connectivity index (χ0n) is 10.9. The molecule has 1 amide bonds. The molecule has 3 rings (SSSR count). The first-order valence-corrected chi connectivity index (χ1v) is 6.50. The van der Waals surface area contributed by atoms with Gasteiger partial charge in [-0.2, -0.15) is 5.10 Å². The van der Waals surface area contributed by atoms with Crippen LogP contribution >= 0.6 is 0 Å². The van der Waals surface area contributed by atoms with E-state index in [-0.39, 0.29) is 5.91 Å². The van der Waals surface area contributed by atoms with E-state index in [1.807, 2.05) is 30.3 Å². The molecule has 0 aliphatic carbocycles. The minimum atomic E-state index is 0.0000520. The number of carbonyl (C=O) groups excluding carboxylic acids is 1. The highest BCUT2D eigenvalue weighted by Crippen LogP contribution is 2.11. The molecule has 3 N–H and O–H groups in total. The third-order valence-electron chi connectivity index (χ3n) is 3.06. The summed E-state index contributed by atoms with van der Waals surface area (Å²) in [5.41, 5.74) is 2.82. The topological polar surface area (TPSA) is 86.5 Å². The van der Waals surface area contributed by atoms with Crippen molar-refractivity contribution in [3.8, 4) is 0 Å². The Morgan fingerprint density at radius 3 is 2.95 bits per heavy atom. The summed E-state index contributed by atoms with van der Waals surface area (Å²) in [5, 5.41) is 9.46. The number of hydrogen-bond donors (Lipinski definition) is 3. The highest BCUT2D eigenvalue weighted by molar-refractivity contribution is 5.77. The number of para-hydroxylation sites is 2.